The molecule has 0 bridgehead atoms. The summed E-state index contributed by atoms with van der Waals surface area (Å²) in [5, 5.41) is 3.38. The van der Waals surface area contributed by atoms with Gasteiger partial charge in [0.2, 0.25) is 5.91 Å². The number of carbonyl (C=O) groups excluding carboxylic acids is 1. The molecule has 1 aliphatic heterocycles. The predicted octanol–water partition coefficient (Wildman–Crippen LogP) is 5.03. The third-order valence-electron chi connectivity index (χ3n) is 9.34. The van der Waals surface area contributed by atoms with E-state index in [4.69, 9.17) is 0 Å². The number of carbonyl (C=O) groups is 1. The van der Waals surface area contributed by atoms with Gasteiger partial charge in [0.05, 0.1) is 0 Å². The highest BCUT2D eigenvalue weighted by atomic mass is 16.1. The van der Waals surface area contributed by atoms with Crippen LogP contribution in [0.2, 0.25) is 0 Å². The fraction of sp³-hybridized carbons (Fsp3) is 0.955. The molecule has 0 aromatic heterocycles. The Balaban J connectivity index is 1.66. The maximum atomic E-state index is 12.0. The minimum Gasteiger partial charge on any atom is -0.353 e. The summed E-state index contributed by atoms with van der Waals surface area (Å²) in [5.41, 5.74) is 0.924. The SMILES string of the molecule is CC1CC2NC(=O)CC[C@]2(C)[C@H]2CC[C@]3(C)[C@@H](C(C)C)CC[C@H]3[C@H]12. The normalized spacial score (nSPS) is 54.0. The molecule has 0 radical (unpaired) electrons. The fourth-order valence-corrected chi connectivity index (χ4v) is 8.18. The molecule has 3 aliphatic carbocycles. The van der Waals surface area contributed by atoms with Crippen LogP contribution in [0.15, 0.2) is 0 Å². The molecule has 2 heteroatoms. The summed E-state index contributed by atoms with van der Waals surface area (Å²) >= 11 is 0. The Morgan fingerprint density at radius 2 is 1.75 bits per heavy atom. The third kappa shape index (κ3) is 2.16. The van der Waals surface area contributed by atoms with Gasteiger partial charge in [-0.25, -0.2) is 0 Å². The van der Waals surface area contributed by atoms with Crippen LogP contribution in [0.4, 0.5) is 0 Å². The molecule has 4 aliphatic rings. The average molecular weight is 332 g/mol. The molecule has 136 valence electrons. The van der Waals surface area contributed by atoms with Gasteiger partial charge in [-0.05, 0) is 84.9 Å². The van der Waals surface area contributed by atoms with Gasteiger partial charge in [0.15, 0.2) is 0 Å². The maximum absolute atomic E-state index is 12.0. The number of hydrogen-bond acceptors (Lipinski definition) is 1. The summed E-state index contributed by atoms with van der Waals surface area (Å²) < 4.78 is 0. The third-order valence-corrected chi connectivity index (χ3v) is 9.34. The summed E-state index contributed by atoms with van der Waals surface area (Å²) in [6.07, 6.45) is 8.81. The van der Waals surface area contributed by atoms with Crippen LogP contribution >= 0.6 is 0 Å². The van der Waals surface area contributed by atoms with E-state index in [0.717, 1.165) is 48.3 Å². The van der Waals surface area contributed by atoms with Crippen LogP contribution in [0.5, 0.6) is 0 Å². The molecule has 4 rings (SSSR count). The standard InChI is InChI=1S/C22H37NO/c1-13(2)15-6-7-16-20-14(3)12-18-22(5,11-9-19(24)23-18)17(20)8-10-21(15,16)4/h13-18,20H,6-12H2,1-5H3,(H,23,24)/t14?,15-,16+,17+,18?,20+,21-,22-/m1/s1. The van der Waals surface area contributed by atoms with Crippen molar-refractivity contribution in [2.45, 2.75) is 85.6 Å². The monoisotopic (exact) mass is 331 g/mol. The average Bonchev–Trinajstić information content (AvgIpc) is 2.86. The topological polar surface area (TPSA) is 29.1 Å². The molecule has 8 atom stereocenters. The maximum Gasteiger partial charge on any atom is 0.220 e. The van der Waals surface area contributed by atoms with E-state index in [-0.39, 0.29) is 0 Å². The number of hydrogen-bond donors (Lipinski definition) is 1. The van der Waals surface area contributed by atoms with Crippen molar-refractivity contribution in [1.29, 1.82) is 0 Å². The first-order chi connectivity index (χ1) is 11.3. The van der Waals surface area contributed by atoms with Gasteiger partial charge < -0.3 is 5.32 Å². The zero-order valence-electron chi connectivity index (χ0n) is 16.4. The molecule has 3 saturated carbocycles. The zero-order chi connectivity index (χ0) is 17.3. The van der Waals surface area contributed by atoms with Gasteiger partial charge in [0, 0.05) is 12.5 Å². The van der Waals surface area contributed by atoms with Crippen LogP contribution in [-0.4, -0.2) is 11.9 Å². The molecule has 24 heavy (non-hydrogen) atoms. The molecule has 1 saturated heterocycles. The van der Waals surface area contributed by atoms with Crippen LogP contribution in [0.25, 0.3) is 0 Å². The van der Waals surface area contributed by atoms with Gasteiger partial charge in [-0.1, -0.05) is 34.6 Å². The lowest BCUT2D eigenvalue weighted by molar-refractivity contribution is -0.144. The van der Waals surface area contributed by atoms with Crippen molar-refractivity contribution in [2.75, 3.05) is 0 Å². The minimum absolute atomic E-state index is 0.296. The number of amides is 1. The lowest BCUT2D eigenvalue weighted by atomic mass is 9.44. The Morgan fingerprint density at radius 3 is 2.46 bits per heavy atom. The first-order valence-corrected chi connectivity index (χ1v) is 10.6. The summed E-state index contributed by atoms with van der Waals surface area (Å²) in [7, 11) is 0. The highest BCUT2D eigenvalue weighted by Crippen LogP contribution is 2.67. The van der Waals surface area contributed by atoms with Gasteiger partial charge in [0.1, 0.15) is 0 Å². The van der Waals surface area contributed by atoms with Crippen LogP contribution < -0.4 is 5.32 Å². The van der Waals surface area contributed by atoms with Gasteiger partial charge in [0.25, 0.3) is 0 Å². The van der Waals surface area contributed by atoms with E-state index in [2.05, 4.69) is 39.9 Å². The fourth-order valence-electron chi connectivity index (χ4n) is 8.18. The Morgan fingerprint density at radius 1 is 1.04 bits per heavy atom. The summed E-state index contributed by atoms with van der Waals surface area (Å²) in [4.78, 5) is 12.0. The highest BCUT2D eigenvalue weighted by molar-refractivity contribution is 5.77. The van der Waals surface area contributed by atoms with E-state index < -0.39 is 0 Å². The van der Waals surface area contributed by atoms with Crippen molar-refractivity contribution in [3.63, 3.8) is 0 Å². The van der Waals surface area contributed by atoms with E-state index in [0.29, 0.717) is 22.8 Å². The van der Waals surface area contributed by atoms with E-state index in [1.165, 1.54) is 32.1 Å². The largest absolute Gasteiger partial charge is 0.353 e. The predicted molar refractivity (Wildman–Crippen MR) is 98.4 cm³/mol. The smallest absolute Gasteiger partial charge is 0.220 e. The zero-order valence-corrected chi connectivity index (χ0v) is 16.4. The second kappa shape index (κ2) is 5.48. The number of piperidine rings is 1. The van der Waals surface area contributed by atoms with Crippen molar-refractivity contribution in [1.82, 2.24) is 5.32 Å². The Labute approximate surface area is 148 Å². The van der Waals surface area contributed by atoms with E-state index in [1.807, 2.05) is 0 Å². The summed E-state index contributed by atoms with van der Waals surface area (Å²) in [6, 6.07) is 0.432. The van der Waals surface area contributed by atoms with Gasteiger partial charge in [-0.3, -0.25) is 4.79 Å². The summed E-state index contributed by atoms with van der Waals surface area (Å²) in [6.45, 7) is 12.5. The highest BCUT2D eigenvalue weighted by Gasteiger charge is 2.62. The van der Waals surface area contributed by atoms with E-state index in [9.17, 15) is 4.79 Å². The second-order valence-corrected chi connectivity index (χ2v) is 10.6. The van der Waals surface area contributed by atoms with Crippen molar-refractivity contribution in [3.05, 3.63) is 0 Å². The van der Waals surface area contributed by atoms with Crippen molar-refractivity contribution < 1.29 is 4.79 Å². The van der Waals surface area contributed by atoms with Crippen LogP contribution in [-0.2, 0) is 4.79 Å². The Bertz CT molecular complexity index is 528. The molecular weight excluding hydrogens is 294 g/mol. The van der Waals surface area contributed by atoms with Crippen LogP contribution in [0.3, 0.4) is 0 Å². The van der Waals surface area contributed by atoms with Gasteiger partial charge in [-0.15, -0.1) is 0 Å². The molecule has 1 amide bonds. The van der Waals surface area contributed by atoms with Crippen molar-refractivity contribution >= 4 is 5.91 Å². The molecule has 1 N–H and O–H groups in total. The first kappa shape index (κ1) is 16.9. The molecule has 0 spiro atoms. The number of fused-ring (bicyclic) bond motifs is 5. The minimum atomic E-state index is 0.296. The number of nitrogens with one attached hydrogen (secondary N) is 1. The Hall–Kier alpha value is -0.530. The first-order valence-electron chi connectivity index (χ1n) is 10.6. The van der Waals surface area contributed by atoms with Crippen LogP contribution in [0, 0.1) is 46.3 Å². The molecule has 0 aromatic carbocycles. The van der Waals surface area contributed by atoms with Crippen molar-refractivity contribution in [2.24, 2.45) is 46.3 Å². The van der Waals surface area contributed by atoms with E-state index in [1.54, 1.807) is 0 Å². The molecular formula is C22H37NO. The van der Waals surface area contributed by atoms with Crippen LogP contribution in [0.1, 0.15) is 79.6 Å². The summed E-state index contributed by atoms with van der Waals surface area (Å²) in [5.74, 6) is 5.46. The molecule has 2 nitrogen and oxygen atoms in total. The molecule has 4 fully saturated rings. The second-order valence-electron chi connectivity index (χ2n) is 10.6. The Kier molecular flexibility index (Phi) is 3.86. The molecule has 0 aromatic rings. The number of rotatable bonds is 1. The quantitative estimate of drug-likeness (QED) is 0.717. The molecule has 2 unspecified atom stereocenters. The van der Waals surface area contributed by atoms with E-state index >= 15 is 0 Å². The lowest BCUT2D eigenvalue weighted by Crippen LogP contribution is -2.63. The van der Waals surface area contributed by atoms with Crippen molar-refractivity contribution in [3.8, 4) is 0 Å². The van der Waals surface area contributed by atoms with Gasteiger partial charge >= 0.3 is 0 Å². The van der Waals surface area contributed by atoms with Gasteiger partial charge in [-0.2, -0.15) is 0 Å². The molecule has 1 heterocycles. The lowest BCUT2D eigenvalue weighted by Gasteiger charge is -2.62.